The second kappa shape index (κ2) is 8.11. The Morgan fingerprint density at radius 3 is 2.62 bits per heavy atom. The van der Waals surface area contributed by atoms with Crippen molar-refractivity contribution in [3.05, 3.63) is 53.9 Å². The standard InChI is InChI=1S/C19H26N4O/c1-22-14-17(13-20-22)7-8-19(24)21-18-9-11-23(12-10-18)15-16-5-3-2-4-6-16/h2-6,13-14,18H,7-12,15H2,1H3,(H,21,24). The molecule has 5 heteroatoms. The largest absolute Gasteiger partial charge is 0.353 e. The average Bonchev–Trinajstić information content (AvgIpc) is 3.01. The van der Waals surface area contributed by atoms with E-state index in [-0.39, 0.29) is 5.91 Å². The molecule has 5 nitrogen and oxygen atoms in total. The lowest BCUT2D eigenvalue weighted by atomic mass is 10.0. The Morgan fingerprint density at radius 2 is 1.96 bits per heavy atom. The Labute approximate surface area is 143 Å². The number of nitrogens with zero attached hydrogens (tertiary/aromatic N) is 3. The molecule has 1 aromatic heterocycles. The molecular formula is C19H26N4O. The van der Waals surface area contributed by atoms with Crippen LogP contribution in [0.5, 0.6) is 0 Å². The Morgan fingerprint density at radius 1 is 1.21 bits per heavy atom. The fourth-order valence-electron chi connectivity index (χ4n) is 3.24. The Hall–Kier alpha value is -2.14. The van der Waals surface area contributed by atoms with E-state index in [1.165, 1.54) is 5.56 Å². The van der Waals surface area contributed by atoms with Crippen LogP contribution in [0, 0.1) is 0 Å². The van der Waals surface area contributed by atoms with Gasteiger partial charge in [0.15, 0.2) is 0 Å². The summed E-state index contributed by atoms with van der Waals surface area (Å²) in [5, 5.41) is 7.32. The van der Waals surface area contributed by atoms with Crippen molar-refractivity contribution in [3.8, 4) is 0 Å². The third kappa shape index (κ3) is 4.93. The van der Waals surface area contributed by atoms with Gasteiger partial charge in [-0.1, -0.05) is 30.3 Å². The second-order valence-corrected chi connectivity index (χ2v) is 6.63. The summed E-state index contributed by atoms with van der Waals surface area (Å²) in [5.74, 6) is 0.153. The molecular weight excluding hydrogens is 300 g/mol. The molecule has 2 heterocycles. The van der Waals surface area contributed by atoms with Gasteiger partial charge in [-0.2, -0.15) is 5.10 Å². The zero-order chi connectivity index (χ0) is 16.8. The van der Waals surface area contributed by atoms with Gasteiger partial charge in [0.25, 0.3) is 0 Å². The van der Waals surface area contributed by atoms with Crippen molar-refractivity contribution >= 4 is 5.91 Å². The quantitative estimate of drug-likeness (QED) is 0.885. The summed E-state index contributed by atoms with van der Waals surface area (Å²) in [4.78, 5) is 14.6. The monoisotopic (exact) mass is 326 g/mol. The van der Waals surface area contributed by atoms with Crippen LogP contribution in [-0.2, 0) is 24.8 Å². The first kappa shape index (κ1) is 16.7. The first-order chi connectivity index (χ1) is 11.7. The summed E-state index contributed by atoms with van der Waals surface area (Å²) in [7, 11) is 1.90. The number of aryl methyl sites for hydroxylation is 2. The number of hydrogen-bond donors (Lipinski definition) is 1. The fraction of sp³-hybridized carbons (Fsp3) is 0.474. The minimum absolute atomic E-state index is 0.153. The smallest absolute Gasteiger partial charge is 0.220 e. The first-order valence-corrected chi connectivity index (χ1v) is 8.72. The van der Waals surface area contributed by atoms with Crippen LogP contribution in [0.3, 0.4) is 0 Å². The average molecular weight is 326 g/mol. The van der Waals surface area contributed by atoms with E-state index in [0.717, 1.165) is 44.5 Å². The van der Waals surface area contributed by atoms with E-state index in [4.69, 9.17) is 0 Å². The molecule has 0 atom stereocenters. The highest BCUT2D eigenvalue weighted by atomic mass is 16.1. The van der Waals surface area contributed by atoms with E-state index in [1.54, 1.807) is 4.68 Å². The van der Waals surface area contributed by atoms with Crippen molar-refractivity contribution in [3.63, 3.8) is 0 Å². The van der Waals surface area contributed by atoms with Crippen molar-refractivity contribution in [1.29, 1.82) is 0 Å². The normalized spacial score (nSPS) is 16.2. The number of carbonyl (C=O) groups is 1. The minimum atomic E-state index is 0.153. The van der Waals surface area contributed by atoms with E-state index in [1.807, 2.05) is 19.4 Å². The molecule has 128 valence electrons. The van der Waals surface area contributed by atoms with Gasteiger partial charge in [-0.05, 0) is 30.4 Å². The van der Waals surface area contributed by atoms with Gasteiger partial charge >= 0.3 is 0 Å². The number of aromatic nitrogens is 2. The Bertz CT molecular complexity index is 644. The molecule has 1 N–H and O–H groups in total. The van der Waals surface area contributed by atoms with Gasteiger partial charge in [-0.25, -0.2) is 0 Å². The first-order valence-electron chi connectivity index (χ1n) is 8.72. The highest BCUT2D eigenvalue weighted by Crippen LogP contribution is 2.14. The Kier molecular flexibility index (Phi) is 5.64. The molecule has 1 aliphatic heterocycles. The van der Waals surface area contributed by atoms with Crippen molar-refractivity contribution < 1.29 is 4.79 Å². The number of benzene rings is 1. The van der Waals surface area contributed by atoms with E-state index in [9.17, 15) is 4.79 Å². The van der Waals surface area contributed by atoms with Gasteiger partial charge in [-0.3, -0.25) is 14.4 Å². The predicted octanol–water partition coefficient (Wildman–Crippen LogP) is 2.13. The van der Waals surface area contributed by atoms with E-state index in [2.05, 4.69) is 45.6 Å². The molecule has 3 rings (SSSR count). The number of nitrogens with one attached hydrogen (secondary N) is 1. The molecule has 0 unspecified atom stereocenters. The van der Waals surface area contributed by atoms with Crippen LogP contribution in [0.4, 0.5) is 0 Å². The number of amides is 1. The number of rotatable bonds is 6. The van der Waals surface area contributed by atoms with Crippen LogP contribution in [-0.4, -0.2) is 39.7 Å². The molecule has 0 aliphatic carbocycles. The summed E-state index contributed by atoms with van der Waals surface area (Å²) in [6, 6.07) is 10.9. The van der Waals surface area contributed by atoms with Gasteiger partial charge in [0.1, 0.15) is 0 Å². The topological polar surface area (TPSA) is 50.2 Å². The predicted molar refractivity (Wildman–Crippen MR) is 94.4 cm³/mol. The molecule has 1 aromatic carbocycles. The third-order valence-corrected chi connectivity index (χ3v) is 4.60. The molecule has 1 amide bonds. The third-order valence-electron chi connectivity index (χ3n) is 4.60. The van der Waals surface area contributed by atoms with Gasteiger partial charge in [-0.15, -0.1) is 0 Å². The van der Waals surface area contributed by atoms with Crippen molar-refractivity contribution in [2.24, 2.45) is 7.05 Å². The summed E-state index contributed by atoms with van der Waals surface area (Å²) < 4.78 is 1.77. The van der Waals surface area contributed by atoms with Gasteiger partial charge in [0.2, 0.25) is 5.91 Å². The zero-order valence-electron chi connectivity index (χ0n) is 14.3. The number of hydrogen-bond acceptors (Lipinski definition) is 3. The van der Waals surface area contributed by atoms with Crippen LogP contribution >= 0.6 is 0 Å². The van der Waals surface area contributed by atoms with Crippen molar-refractivity contribution in [1.82, 2.24) is 20.0 Å². The van der Waals surface area contributed by atoms with E-state index >= 15 is 0 Å². The van der Waals surface area contributed by atoms with E-state index in [0.29, 0.717) is 12.5 Å². The van der Waals surface area contributed by atoms with Crippen LogP contribution in [0.25, 0.3) is 0 Å². The number of carbonyl (C=O) groups excluding carboxylic acids is 1. The van der Waals surface area contributed by atoms with Gasteiger partial charge in [0.05, 0.1) is 6.20 Å². The van der Waals surface area contributed by atoms with Crippen LogP contribution in [0.2, 0.25) is 0 Å². The Balaban J connectivity index is 1.36. The molecule has 1 saturated heterocycles. The molecule has 2 aromatic rings. The molecule has 0 spiro atoms. The van der Waals surface area contributed by atoms with Crippen LogP contribution in [0.1, 0.15) is 30.4 Å². The summed E-state index contributed by atoms with van der Waals surface area (Å²) >= 11 is 0. The van der Waals surface area contributed by atoms with E-state index < -0.39 is 0 Å². The summed E-state index contributed by atoms with van der Waals surface area (Å²) in [6.45, 7) is 3.09. The highest BCUT2D eigenvalue weighted by molar-refractivity contribution is 5.76. The maximum atomic E-state index is 12.1. The molecule has 1 fully saturated rings. The molecule has 0 bridgehead atoms. The number of piperidine rings is 1. The maximum Gasteiger partial charge on any atom is 0.220 e. The lowest BCUT2D eigenvalue weighted by Gasteiger charge is -2.32. The highest BCUT2D eigenvalue weighted by Gasteiger charge is 2.20. The molecule has 1 aliphatic rings. The van der Waals surface area contributed by atoms with Crippen molar-refractivity contribution in [2.45, 2.75) is 38.3 Å². The van der Waals surface area contributed by atoms with Gasteiger partial charge < -0.3 is 5.32 Å². The molecule has 24 heavy (non-hydrogen) atoms. The van der Waals surface area contributed by atoms with Crippen LogP contribution < -0.4 is 5.32 Å². The lowest BCUT2D eigenvalue weighted by molar-refractivity contribution is -0.122. The van der Waals surface area contributed by atoms with Gasteiger partial charge in [0, 0.05) is 45.3 Å². The minimum Gasteiger partial charge on any atom is -0.353 e. The molecule has 0 radical (unpaired) electrons. The number of likely N-dealkylation sites (tertiary alicyclic amines) is 1. The van der Waals surface area contributed by atoms with Crippen LogP contribution in [0.15, 0.2) is 42.7 Å². The summed E-state index contributed by atoms with van der Waals surface area (Å²) in [6.07, 6.45) is 7.16. The van der Waals surface area contributed by atoms with Crippen molar-refractivity contribution in [2.75, 3.05) is 13.1 Å². The lowest BCUT2D eigenvalue weighted by Crippen LogP contribution is -2.44. The zero-order valence-corrected chi connectivity index (χ0v) is 14.3. The summed E-state index contributed by atoms with van der Waals surface area (Å²) in [5.41, 5.74) is 2.47. The molecule has 0 saturated carbocycles. The fourth-order valence-corrected chi connectivity index (χ4v) is 3.24. The second-order valence-electron chi connectivity index (χ2n) is 6.63. The maximum absolute atomic E-state index is 12.1. The SMILES string of the molecule is Cn1cc(CCC(=O)NC2CCN(Cc3ccccc3)CC2)cn1.